The smallest absolute Gasteiger partial charge is 0.241 e. The minimum atomic E-state index is -0.373. The second-order valence-electron chi connectivity index (χ2n) is 5.98. The first-order valence-corrected chi connectivity index (χ1v) is 8.65. The van der Waals surface area contributed by atoms with E-state index in [0.29, 0.717) is 30.6 Å². The quantitative estimate of drug-likeness (QED) is 0.598. The molecule has 7 heteroatoms. The molecule has 0 aliphatic heterocycles. The fourth-order valence-electron chi connectivity index (χ4n) is 2.80. The molecule has 0 N–H and O–H groups in total. The zero-order valence-corrected chi connectivity index (χ0v) is 15.6. The second-order valence-corrected chi connectivity index (χ2v) is 5.98. The lowest BCUT2D eigenvalue weighted by Crippen LogP contribution is -2.22. The lowest BCUT2D eigenvalue weighted by Gasteiger charge is -2.18. The molecule has 2 aromatic carbocycles. The van der Waals surface area contributed by atoms with E-state index in [1.165, 1.54) is 13.2 Å². The Morgan fingerprint density at radius 1 is 1.04 bits per heavy atom. The van der Waals surface area contributed by atoms with Gasteiger partial charge in [0.1, 0.15) is 5.75 Å². The van der Waals surface area contributed by atoms with Crippen LogP contribution in [0.4, 0.5) is 4.39 Å². The molecule has 27 heavy (non-hydrogen) atoms. The molecule has 0 saturated carbocycles. The van der Waals surface area contributed by atoms with Crippen molar-refractivity contribution < 1.29 is 18.4 Å². The third-order valence-corrected chi connectivity index (χ3v) is 4.24. The van der Waals surface area contributed by atoms with Crippen molar-refractivity contribution in [2.45, 2.75) is 20.0 Å². The minimum Gasteiger partial charge on any atom is -0.496 e. The zero-order valence-electron chi connectivity index (χ0n) is 15.6. The van der Waals surface area contributed by atoms with Crippen LogP contribution in [0.5, 0.6) is 11.5 Å². The average molecular weight is 371 g/mol. The maximum Gasteiger partial charge on any atom is 0.241 e. The Hall–Kier alpha value is -2.93. The molecular formula is C20H22FN3O3. The fraction of sp³-hybridized carbons (Fsp3) is 0.300. The van der Waals surface area contributed by atoms with Gasteiger partial charge in [0.25, 0.3) is 0 Å². The number of ether oxygens (including phenoxy) is 2. The number of halogens is 1. The average Bonchev–Trinajstić information content (AvgIpc) is 3.16. The molecule has 0 saturated heterocycles. The van der Waals surface area contributed by atoms with Crippen LogP contribution in [0, 0.1) is 5.82 Å². The molecule has 1 aromatic heterocycles. The zero-order chi connectivity index (χ0) is 19.2. The van der Waals surface area contributed by atoms with Crippen molar-refractivity contribution in [2.75, 3.05) is 20.8 Å². The van der Waals surface area contributed by atoms with Crippen LogP contribution in [0.1, 0.15) is 18.4 Å². The van der Waals surface area contributed by atoms with Gasteiger partial charge in [-0.05, 0) is 36.4 Å². The van der Waals surface area contributed by atoms with Gasteiger partial charge in [-0.15, -0.1) is 0 Å². The summed E-state index contributed by atoms with van der Waals surface area (Å²) in [6.45, 7) is 3.80. The molecule has 6 nitrogen and oxygen atoms in total. The highest BCUT2D eigenvalue weighted by atomic mass is 19.1. The third-order valence-electron chi connectivity index (χ3n) is 4.24. The number of para-hydroxylation sites is 1. The molecule has 0 aliphatic rings. The number of aromatic nitrogens is 2. The van der Waals surface area contributed by atoms with Crippen molar-refractivity contribution in [1.82, 2.24) is 15.0 Å². The van der Waals surface area contributed by atoms with E-state index < -0.39 is 0 Å². The van der Waals surface area contributed by atoms with E-state index in [0.717, 1.165) is 17.7 Å². The van der Waals surface area contributed by atoms with Crippen molar-refractivity contribution in [3.8, 4) is 22.9 Å². The molecule has 0 atom stereocenters. The number of rotatable bonds is 8. The van der Waals surface area contributed by atoms with Crippen molar-refractivity contribution >= 4 is 0 Å². The van der Waals surface area contributed by atoms with Gasteiger partial charge in [-0.25, -0.2) is 4.39 Å². The molecule has 142 valence electrons. The maximum absolute atomic E-state index is 13.9. The summed E-state index contributed by atoms with van der Waals surface area (Å²) in [5.41, 5.74) is 1.62. The molecule has 0 amide bonds. The van der Waals surface area contributed by atoms with Gasteiger partial charge in [0.05, 0.1) is 26.3 Å². The topological polar surface area (TPSA) is 60.6 Å². The van der Waals surface area contributed by atoms with Crippen LogP contribution >= 0.6 is 0 Å². The number of nitrogens with zero attached hydrogens (tertiary/aromatic N) is 3. The van der Waals surface area contributed by atoms with Crippen LogP contribution in [-0.4, -0.2) is 35.8 Å². The van der Waals surface area contributed by atoms with E-state index in [1.54, 1.807) is 13.2 Å². The minimum absolute atomic E-state index is 0.236. The summed E-state index contributed by atoms with van der Waals surface area (Å²) in [6, 6.07) is 12.5. The Bertz CT molecular complexity index is 898. The van der Waals surface area contributed by atoms with Crippen LogP contribution in [0.25, 0.3) is 11.4 Å². The molecule has 3 rings (SSSR count). The second kappa shape index (κ2) is 8.64. The third kappa shape index (κ3) is 4.43. The summed E-state index contributed by atoms with van der Waals surface area (Å²) in [5.74, 6) is 1.52. The van der Waals surface area contributed by atoms with E-state index in [9.17, 15) is 4.39 Å². The van der Waals surface area contributed by atoms with Gasteiger partial charge in [-0.3, -0.25) is 4.90 Å². The Balaban J connectivity index is 1.72. The van der Waals surface area contributed by atoms with Crippen molar-refractivity contribution in [3.63, 3.8) is 0 Å². The van der Waals surface area contributed by atoms with Crippen LogP contribution in [-0.2, 0) is 13.1 Å². The number of hydrogen-bond acceptors (Lipinski definition) is 6. The van der Waals surface area contributed by atoms with Gasteiger partial charge in [-0.1, -0.05) is 30.3 Å². The molecule has 0 spiro atoms. The molecular weight excluding hydrogens is 349 g/mol. The molecule has 0 radical (unpaired) electrons. The monoisotopic (exact) mass is 371 g/mol. The lowest BCUT2D eigenvalue weighted by molar-refractivity contribution is 0.228. The molecule has 0 bridgehead atoms. The van der Waals surface area contributed by atoms with Crippen LogP contribution in [0.15, 0.2) is 47.0 Å². The summed E-state index contributed by atoms with van der Waals surface area (Å²) in [4.78, 5) is 6.55. The summed E-state index contributed by atoms with van der Waals surface area (Å²) >= 11 is 0. The summed E-state index contributed by atoms with van der Waals surface area (Å²) in [6.07, 6.45) is 0. The fourth-order valence-corrected chi connectivity index (χ4v) is 2.80. The van der Waals surface area contributed by atoms with E-state index in [1.807, 2.05) is 37.3 Å². The molecule has 0 unspecified atom stereocenters. The Morgan fingerprint density at radius 3 is 2.52 bits per heavy atom. The number of benzene rings is 2. The van der Waals surface area contributed by atoms with Gasteiger partial charge >= 0.3 is 0 Å². The van der Waals surface area contributed by atoms with Crippen LogP contribution in [0.3, 0.4) is 0 Å². The van der Waals surface area contributed by atoms with E-state index >= 15 is 0 Å². The largest absolute Gasteiger partial charge is 0.496 e. The number of hydrogen-bond donors (Lipinski definition) is 0. The SMILES string of the molecule is CCN(Cc1ccc(OC)c(F)c1)Cc1nc(-c2ccccc2OC)no1. The van der Waals surface area contributed by atoms with Crippen molar-refractivity contribution in [1.29, 1.82) is 0 Å². The van der Waals surface area contributed by atoms with E-state index in [2.05, 4.69) is 15.0 Å². The first-order chi connectivity index (χ1) is 13.1. The predicted octanol–water partition coefficient (Wildman–Crippen LogP) is 3.92. The predicted molar refractivity (Wildman–Crippen MR) is 99.0 cm³/mol. The van der Waals surface area contributed by atoms with Gasteiger partial charge in [0.15, 0.2) is 11.6 Å². The highest BCUT2D eigenvalue weighted by molar-refractivity contribution is 5.63. The lowest BCUT2D eigenvalue weighted by atomic mass is 10.2. The Morgan fingerprint density at radius 2 is 1.81 bits per heavy atom. The van der Waals surface area contributed by atoms with Gasteiger partial charge in [0.2, 0.25) is 11.7 Å². The summed E-state index contributed by atoms with van der Waals surface area (Å²) in [7, 11) is 3.05. The standard InChI is InChI=1S/C20H22FN3O3/c1-4-24(12-14-9-10-18(26-3)16(21)11-14)13-19-22-20(23-27-19)15-7-5-6-8-17(15)25-2/h5-11H,4,12-13H2,1-3H3. The summed E-state index contributed by atoms with van der Waals surface area (Å²) < 4.78 is 29.6. The molecule has 0 fully saturated rings. The molecule has 1 heterocycles. The Kier molecular flexibility index (Phi) is 6.03. The highest BCUT2D eigenvalue weighted by Crippen LogP contribution is 2.27. The molecule has 0 aliphatic carbocycles. The van der Waals surface area contributed by atoms with Crippen molar-refractivity contribution in [2.24, 2.45) is 0 Å². The Labute approximate surface area is 157 Å². The van der Waals surface area contributed by atoms with Crippen LogP contribution in [0.2, 0.25) is 0 Å². The van der Waals surface area contributed by atoms with Gasteiger partial charge < -0.3 is 14.0 Å². The van der Waals surface area contributed by atoms with Gasteiger partial charge in [0, 0.05) is 6.54 Å². The first-order valence-electron chi connectivity index (χ1n) is 8.65. The molecule has 3 aromatic rings. The normalized spacial score (nSPS) is 11.0. The van der Waals surface area contributed by atoms with Crippen LogP contribution < -0.4 is 9.47 Å². The van der Waals surface area contributed by atoms with Crippen molar-refractivity contribution in [3.05, 3.63) is 59.7 Å². The van der Waals surface area contributed by atoms with E-state index in [-0.39, 0.29) is 11.6 Å². The summed E-state index contributed by atoms with van der Waals surface area (Å²) in [5, 5.41) is 4.06. The maximum atomic E-state index is 13.9. The highest BCUT2D eigenvalue weighted by Gasteiger charge is 2.15. The first kappa shape index (κ1) is 18.8. The van der Waals surface area contributed by atoms with Gasteiger partial charge in [-0.2, -0.15) is 4.98 Å². The van der Waals surface area contributed by atoms with E-state index in [4.69, 9.17) is 14.0 Å². The number of methoxy groups -OCH3 is 2.